The van der Waals surface area contributed by atoms with Gasteiger partial charge in [0.25, 0.3) is 0 Å². The Morgan fingerprint density at radius 1 is 1.27 bits per heavy atom. The molecule has 0 aliphatic heterocycles. The predicted octanol–water partition coefficient (Wildman–Crippen LogP) is 4.70. The lowest BCUT2D eigenvalue weighted by molar-refractivity contribution is -0.122. The van der Waals surface area contributed by atoms with Crippen LogP contribution in [0.15, 0.2) is 53.1 Å². The van der Waals surface area contributed by atoms with Gasteiger partial charge in [-0.15, -0.1) is 0 Å². The Morgan fingerprint density at radius 2 is 2.07 bits per heavy atom. The molecule has 154 valence electrons. The van der Waals surface area contributed by atoms with Gasteiger partial charge in [-0.2, -0.15) is 0 Å². The molecule has 4 rings (SSSR count). The maximum Gasteiger partial charge on any atom is 0.227 e. The SMILES string of the molecule is COc1ccccc1-c1[nH]c2ccc(F)cc2c1C(C)C(=O)NCc1cc(C)no1. The van der Waals surface area contributed by atoms with Crippen LogP contribution in [0.3, 0.4) is 0 Å². The van der Waals surface area contributed by atoms with Gasteiger partial charge in [-0.1, -0.05) is 17.3 Å². The number of aromatic nitrogens is 2. The number of H-pyrrole nitrogens is 1. The number of para-hydroxylation sites is 1. The highest BCUT2D eigenvalue weighted by molar-refractivity contribution is 5.98. The van der Waals surface area contributed by atoms with E-state index >= 15 is 0 Å². The number of methoxy groups -OCH3 is 1. The number of nitrogens with zero attached hydrogens (tertiary/aromatic N) is 1. The second-order valence-electron chi connectivity index (χ2n) is 7.18. The third-order valence-corrected chi connectivity index (χ3v) is 5.12. The molecule has 0 aliphatic rings. The van der Waals surface area contributed by atoms with Crippen molar-refractivity contribution in [2.75, 3.05) is 7.11 Å². The molecule has 0 spiro atoms. The summed E-state index contributed by atoms with van der Waals surface area (Å²) in [4.78, 5) is 16.3. The summed E-state index contributed by atoms with van der Waals surface area (Å²) in [5.74, 6) is 0.118. The molecule has 0 saturated carbocycles. The van der Waals surface area contributed by atoms with Crippen molar-refractivity contribution in [2.24, 2.45) is 0 Å². The van der Waals surface area contributed by atoms with Gasteiger partial charge in [0.2, 0.25) is 5.91 Å². The van der Waals surface area contributed by atoms with E-state index in [0.717, 1.165) is 22.5 Å². The van der Waals surface area contributed by atoms with Gasteiger partial charge in [-0.3, -0.25) is 4.79 Å². The molecule has 1 amide bonds. The van der Waals surface area contributed by atoms with Crippen molar-refractivity contribution >= 4 is 16.8 Å². The van der Waals surface area contributed by atoms with Crippen LogP contribution in [-0.4, -0.2) is 23.2 Å². The number of hydrogen-bond donors (Lipinski definition) is 2. The number of amides is 1. The second kappa shape index (κ2) is 8.02. The lowest BCUT2D eigenvalue weighted by atomic mass is 9.93. The highest BCUT2D eigenvalue weighted by atomic mass is 19.1. The number of aromatic amines is 1. The molecule has 2 aromatic heterocycles. The zero-order valence-corrected chi connectivity index (χ0v) is 17.0. The minimum absolute atomic E-state index is 0.203. The summed E-state index contributed by atoms with van der Waals surface area (Å²) in [7, 11) is 1.59. The summed E-state index contributed by atoms with van der Waals surface area (Å²) in [6.07, 6.45) is 0. The molecule has 0 radical (unpaired) electrons. The molecule has 0 fully saturated rings. The van der Waals surface area contributed by atoms with E-state index in [9.17, 15) is 9.18 Å². The van der Waals surface area contributed by atoms with Crippen LogP contribution in [-0.2, 0) is 11.3 Å². The lowest BCUT2D eigenvalue weighted by Gasteiger charge is -2.15. The largest absolute Gasteiger partial charge is 0.496 e. The van der Waals surface area contributed by atoms with E-state index in [0.29, 0.717) is 22.5 Å². The number of halogens is 1. The standard InChI is InChI=1S/C23H22FN3O3/c1-13-10-16(30-27-13)12-25-23(28)14(2)21-18-11-15(24)8-9-19(18)26-22(21)17-6-4-5-7-20(17)29-3/h4-11,14,26H,12H2,1-3H3,(H,25,28). The monoisotopic (exact) mass is 407 g/mol. The van der Waals surface area contributed by atoms with E-state index in [4.69, 9.17) is 9.26 Å². The van der Waals surface area contributed by atoms with Gasteiger partial charge in [0.15, 0.2) is 5.76 Å². The first kappa shape index (κ1) is 19.7. The molecule has 1 unspecified atom stereocenters. The quantitative estimate of drug-likeness (QED) is 0.486. The van der Waals surface area contributed by atoms with Crippen LogP contribution < -0.4 is 10.1 Å². The zero-order chi connectivity index (χ0) is 21.3. The van der Waals surface area contributed by atoms with Crippen LogP contribution >= 0.6 is 0 Å². The molecule has 2 aromatic carbocycles. The Morgan fingerprint density at radius 3 is 2.80 bits per heavy atom. The van der Waals surface area contributed by atoms with E-state index < -0.39 is 5.92 Å². The third-order valence-electron chi connectivity index (χ3n) is 5.12. The van der Waals surface area contributed by atoms with E-state index in [1.807, 2.05) is 31.2 Å². The minimum Gasteiger partial charge on any atom is -0.496 e. The molecule has 7 heteroatoms. The highest BCUT2D eigenvalue weighted by Crippen LogP contribution is 2.39. The average molecular weight is 407 g/mol. The molecule has 0 bridgehead atoms. The highest BCUT2D eigenvalue weighted by Gasteiger charge is 2.25. The summed E-state index contributed by atoms with van der Waals surface area (Å²) >= 11 is 0. The van der Waals surface area contributed by atoms with Crippen molar-refractivity contribution in [3.05, 3.63) is 71.4 Å². The first-order valence-corrected chi connectivity index (χ1v) is 9.62. The summed E-state index contributed by atoms with van der Waals surface area (Å²) in [6, 6.07) is 13.8. The van der Waals surface area contributed by atoms with Crippen molar-refractivity contribution < 1.29 is 18.4 Å². The Hall–Kier alpha value is -3.61. The van der Waals surface area contributed by atoms with Gasteiger partial charge < -0.3 is 19.6 Å². The van der Waals surface area contributed by atoms with Crippen LogP contribution in [0.2, 0.25) is 0 Å². The number of rotatable bonds is 6. The van der Waals surface area contributed by atoms with Crippen LogP contribution in [0, 0.1) is 12.7 Å². The number of aryl methyl sites for hydroxylation is 1. The predicted molar refractivity (Wildman–Crippen MR) is 112 cm³/mol. The minimum atomic E-state index is -0.551. The van der Waals surface area contributed by atoms with Gasteiger partial charge >= 0.3 is 0 Å². The number of carbonyl (C=O) groups is 1. The Balaban J connectivity index is 1.75. The maximum atomic E-state index is 14.1. The normalized spacial score (nSPS) is 12.1. The number of nitrogens with one attached hydrogen (secondary N) is 2. The molecule has 30 heavy (non-hydrogen) atoms. The van der Waals surface area contributed by atoms with Crippen molar-refractivity contribution in [1.29, 1.82) is 0 Å². The van der Waals surface area contributed by atoms with Crippen molar-refractivity contribution in [3.8, 4) is 17.0 Å². The second-order valence-corrected chi connectivity index (χ2v) is 7.18. The molecular weight excluding hydrogens is 385 g/mol. The fourth-order valence-electron chi connectivity index (χ4n) is 3.66. The van der Waals surface area contributed by atoms with Gasteiger partial charge in [-0.05, 0) is 49.7 Å². The van der Waals surface area contributed by atoms with Gasteiger partial charge in [-0.25, -0.2) is 4.39 Å². The summed E-state index contributed by atoms with van der Waals surface area (Å²) in [5.41, 5.74) is 3.74. The van der Waals surface area contributed by atoms with E-state index in [1.165, 1.54) is 12.1 Å². The fourth-order valence-corrected chi connectivity index (χ4v) is 3.66. The van der Waals surface area contributed by atoms with Gasteiger partial charge in [0.1, 0.15) is 11.6 Å². The number of hydrogen-bond acceptors (Lipinski definition) is 4. The molecular formula is C23H22FN3O3. The number of carbonyl (C=O) groups excluding carboxylic acids is 1. The topological polar surface area (TPSA) is 80.2 Å². The summed E-state index contributed by atoms with van der Waals surface area (Å²) in [6.45, 7) is 3.84. The van der Waals surface area contributed by atoms with Crippen LogP contribution in [0.1, 0.15) is 29.9 Å². The zero-order valence-electron chi connectivity index (χ0n) is 17.0. The first-order chi connectivity index (χ1) is 14.5. The van der Waals surface area contributed by atoms with E-state index in [-0.39, 0.29) is 18.3 Å². The maximum absolute atomic E-state index is 14.1. The molecule has 0 saturated heterocycles. The molecule has 4 aromatic rings. The number of fused-ring (bicyclic) bond motifs is 1. The van der Waals surface area contributed by atoms with Crippen molar-refractivity contribution in [1.82, 2.24) is 15.5 Å². The van der Waals surface area contributed by atoms with Gasteiger partial charge in [0.05, 0.1) is 31.0 Å². The first-order valence-electron chi connectivity index (χ1n) is 9.62. The van der Waals surface area contributed by atoms with Crippen LogP contribution in [0.25, 0.3) is 22.2 Å². The molecule has 1 atom stereocenters. The average Bonchev–Trinajstić information content (AvgIpc) is 3.34. The fraction of sp³-hybridized carbons (Fsp3) is 0.217. The Bertz CT molecular complexity index is 1210. The molecule has 6 nitrogen and oxygen atoms in total. The number of ether oxygens (including phenoxy) is 1. The van der Waals surface area contributed by atoms with E-state index in [2.05, 4.69) is 15.5 Å². The third kappa shape index (κ3) is 3.66. The van der Waals surface area contributed by atoms with Crippen LogP contribution in [0.5, 0.6) is 5.75 Å². The summed E-state index contributed by atoms with van der Waals surface area (Å²) < 4.78 is 24.7. The van der Waals surface area contributed by atoms with Crippen molar-refractivity contribution in [2.45, 2.75) is 26.3 Å². The summed E-state index contributed by atoms with van der Waals surface area (Å²) in [5, 5.41) is 7.36. The van der Waals surface area contributed by atoms with Crippen molar-refractivity contribution in [3.63, 3.8) is 0 Å². The smallest absolute Gasteiger partial charge is 0.227 e. The Labute approximate surface area is 173 Å². The molecule has 2 heterocycles. The Kier molecular flexibility index (Phi) is 5.27. The molecule has 0 aliphatic carbocycles. The van der Waals surface area contributed by atoms with E-state index in [1.54, 1.807) is 26.2 Å². The number of benzene rings is 2. The molecule has 2 N–H and O–H groups in total. The van der Waals surface area contributed by atoms with Gasteiger partial charge in [0, 0.05) is 22.5 Å². The lowest BCUT2D eigenvalue weighted by Crippen LogP contribution is -2.27. The van der Waals surface area contributed by atoms with Crippen LogP contribution in [0.4, 0.5) is 4.39 Å².